The lowest BCUT2D eigenvalue weighted by Crippen LogP contribution is -2.52. The first kappa shape index (κ1) is 19.6. The van der Waals surface area contributed by atoms with Crippen molar-refractivity contribution in [2.24, 2.45) is 5.92 Å². The molecular formula is C20H24ClN3O3. The van der Waals surface area contributed by atoms with Gasteiger partial charge in [0.25, 0.3) is 0 Å². The Labute approximate surface area is 164 Å². The number of rotatable bonds is 5. The second kappa shape index (κ2) is 9.15. The Hall–Kier alpha value is -2.18. The van der Waals surface area contributed by atoms with E-state index in [1.54, 1.807) is 11.0 Å². The average molecular weight is 390 g/mol. The van der Waals surface area contributed by atoms with E-state index in [-0.39, 0.29) is 29.8 Å². The summed E-state index contributed by atoms with van der Waals surface area (Å²) in [5, 5.41) is 0.277. The van der Waals surface area contributed by atoms with Crippen molar-refractivity contribution in [1.29, 1.82) is 0 Å². The van der Waals surface area contributed by atoms with Gasteiger partial charge < -0.3 is 9.47 Å². The first-order valence-electron chi connectivity index (χ1n) is 9.15. The van der Waals surface area contributed by atoms with Crippen molar-refractivity contribution < 1.29 is 14.3 Å². The lowest BCUT2D eigenvalue weighted by Gasteiger charge is -2.40. The SMILES string of the molecule is CC(C)C1OCCCC1N(C(=O)OCc1ccccc1)c1cc(Cl)ncn1. The van der Waals surface area contributed by atoms with Crippen LogP contribution in [0, 0.1) is 5.92 Å². The van der Waals surface area contributed by atoms with Gasteiger partial charge in [-0.2, -0.15) is 0 Å². The van der Waals surface area contributed by atoms with Crippen LogP contribution < -0.4 is 4.90 Å². The molecule has 7 heteroatoms. The molecule has 1 aliphatic rings. The second-order valence-electron chi connectivity index (χ2n) is 6.90. The van der Waals surface area contributed by atoms with Gasteiger partial charge >= 0.3 is 6.09 Å². The second-order valence-corrected chi connectivity index (χ2v) is 7.29. The zero-order chi connectivity index (χ0) is 19.2. The Morgan fingerprint density at radius 1 is 1.33 bits per heavy atom. The van der Waals surface area contributed by atoms with Gasteiger partial charge in [-0.15, -0.1) is 0 Å². The molecule has 144 valence electrons. The molecule has 2 atom stereocenters. The molecule has 1 fully saturated rings. The topological polar surface area (TPSA) is 64.5 Å². The van der Waals surface area contributed by atoms with Crippen LogP contribution in [0.15, 0.2) is 42.7 Å². The molecule has 1 aliphatic heterocycles. The average Bonchev–Trinajstić information content (AvgIpc) is 2.68. The zero-order valence-electron chi connectivity index (χ0n) is 15.5. The van der Waals surface area contributed by atoms with Crippen LogP contribution in [0.4, 0.5) is 10.6 Å². The number of benzene rings is 1. The molecule has 0 bridgehead atoms. The van der Waals surface area contributed by atoms with Crippen LogP contribution in [-0.4, -0.2) is 34.8 Å². The first-order valence-corrected chi connectivity index (χ1v) is 9.53. The lowest BCUT2D eigenvalue weighted by molar-refractivity contribution is -0.0277. The molecule has 0 spiro atoms. The third-order valence-corrected chi connectivity index (χ3v) is 4.80. The van der Waals surface area contributed by atoms with Crippen LogP contribution in [0.2, 0.25) is 5.15 Å². The minimum Gasteiger partial charge on any atom is -0.444 e. The van der Waals surface area contributed by atoms with Crippen molar-refractivity contribution in [3.8, 4) is 0 Å². The summed E-state index contributed by atoms with van der Waals surface area (Å²) in [5.41, 5.74) is 0.923. The van der Waals surface area contributed by atoms with E-state index in [9.17, 15) is 4.79 Å². The van der Waals surface area contributed by atoms with E-state index in [2.05, 4.69) is 23.8 Å². The van der Waals surface area contributed by atoms with E-state index in [1.165, 1.54) is 6.33 Å². The number of carbonyl (C=O) groups is 1. The molecule has 27 heavy (non-hydrogen) atoms. The Morgan fingerprint density at radius 3 is 2.81 bits per heavy atom. The minimum absolute atomic E-state index is 0.100. The Bertz CT molecular complexity index is 757. The molecule has 1 amide bonds. The number of hydrogen-bond donors (Lipinski definition) is 0. The fraction of sp³-hybridized carbons (Fsp3) is 0.450. The molecule has 1 aromatic heterocycles. The maximum absolute atomic E-state index is 13.0. The predicted octanol–water partition coefficient (Wildman–Crippen LogP) is 4.48. The molecular weight excluding hydrogens is 366 g/mol. The number of aromatic nitrogens is 2. The van der Waals surface area contributed by atoms with Crippen molar-refractivity contribution in [2.45, 2.75) is 45.4 Å². The molecule has 0 aliphatic carbocycles. The highest BCUT2D eigenvalue weighted by Crippen LogP contribution is 2.29. The summed E-state index contributed by atoms with van der Waals surface area (Å²) in [6.45, 7) is 5.05. The van der Waals surface area contributed by atoms with Gasteiger partial charge in [-0.05, 0) is 24.3 Å². The van der Waals surface area contributed by atoms with E-state index in [0.717, 1.165) is 18.4 Å². The van der Waals surface area contributed by atoms with Crippen molar-refractivity contribution in [1.82, 2.24) is 9.97 Å². The third kappa shape index (κ3) is 4.96. The number of carbonyl (C=O) groups excluding carboxylic acids is 1. The molecule has 1 aromatic carbocycles. The monoisotopic (exact) mass is 389 g/mol. The highest BCUT2D eigenvalue weighted by molar-refractivity contribution is 6.29. The summed E-state index contributed by atoms with van der Waals surface area (Å²) >= 11 is 6.04. The molecule has 2 aromatic rings. The van der Waals surface area contributed by atoms with Gasteiger partial charge in [0.15, 0.2) is 0 Å². The molecule has 2 heterocycles. The standard InChI is InChI=1S/C20H24ClN3O3/c1-14(2)19-16(9-6-10-26-19)24(18-11-17(21)22-13-23-18)20(25)27-12-15-7-4-3-5-8-15/h3-5,7-8,11,13-14,16,19H,6,9-10,12H2,1-2H3. The molecule has 6 nitrogen and oxygen atoms in total. The molecule has 0 radical (unpaired) electrons. The van der Waals surface area contributed by atoms with Crippen molar-refractivity contribution in [3.63, 3.8) is 0 Å². The van der Waals surface area contributed by atoms with Gasteiger partial charge in [0, 0.05) is 12.7 Å². The summed E-state index contributed by atoms with van der Waals surface area (Å²) in [4.78, 5) is 22.8. The highest BCUT2D eigenvalue weighted by atomic mass is 35.5. The third-order valence-electron chi connectivity index (χ3n) is 4.59. The van der Waals surface area contributed by atoms with Gasteiger partial charge in [-0.1, -0.05) is 55.8 Å². The Kier molecular flexibility index (Phi) is 6.63. The van der Waals surface area contributed by atoms with Crippen LogP contribution in [0.1, 0.15) is 32.3 Å². The van der Waals surface area contributed by atoms with Crippen LogP contribution in [0.3, 0.4) is 0 Å². The van der Waals surface area contributed by atoms with E-state index in [4.69, 9.17) is 21.1 Å². The number of halogens is 1. The van der Waals surface area contributed by atoms with Crippen LogP contribution in [0.25, 0.3) is 0 Å². The summed E-state index contributed by atoms with van der Waals surface area (Å²) in [6.07, 6.45) is 2.47. The van der Waals surface area contributed by atoms with E-state index < -0.39 is 6.09 Å². The fourth-order valence-electron chi connectivity index (χ4n) is 3.34. The zero-order valence-corrected chi connectivity index (χ0v) is 16.3. The van der Waals surface area contributed by atoms with Gasteiger partial charge in [-0.3, -0.25) is 4.90 Å². The molecule has 0 saturated carbocycles. The largest absolute Gasteiger partial charge is 0.444 e. The summed E-state index contributed by atoms with van der Waals surface area (Å²) in [5.74, 6) is 0.672. The van der Waals surface area contributed by atoms with E-state index >= 15 is 0 Å². The van der Waals surface area contributed by atoms with Gasteiger partial charge in [-0.25, -0.2) is 14.8 Å². The smallest absolute Gasteiger partial charge is 0.416 e. The number of ether oxygens (including phenoxy) is 2. The van der Waals surface area contributed by atoms with Gasteiger partial charge in [0.1, 0.15) is 23.9 Å². The Morgan fingerprint density at radius 2 is 2.11 bits per heavy atom. The van der Waals surface area contributed by atoms with Gasteiger partial charge in [0.2, 0.25) is 0 Å². The van der Waals surface area contributed by atoms with Gasteiger partial charge in [0.05, 0.1) is 12.1 Å². The lowest BCUT2D eigenvalue weighted by atomic mass is 9.92. The quantitative estimate of drug-likeness (QED) is 0.705. The first-order chi connectivity index (χ1) is 13.1. The summed E-state index contributed by atoms with van der Waals surface area (Å²) in [7, 11) is 0. The van der Waals surface area contributed by atoms with Crippen LogP contribution in [0.5, 0.6) is 0 Å². The maximum atomic E-state index is 13.0. The molecule has 2 unspecified atom stereocenters. The highest BCUT2D eigenvalue weighted by Gasteiger charge is 2.38. The number of nitrogens with zero attached hydrogens (tertiary/aromatic N) is 3. The normalized spacial score (nSPS) is 19.7. The minimum atomic E-state index is -0.463. The summed E-state index contributed by atoms with van der Waals surface area (Å²) in [6, 6.07) is 11.0. The fourth-order valence-corrected chi connectivity index (χ4v) is 3.48. The maximum Gasteiger partial charge on any atom is 0.416 e. The van der Waals surface area contributed by atoms with Crippen LogP contribution in [-0.2, 0) is 16.1 Å². The van der Waals surface area contributed by atoms with Crippen molar-refractivity contribution >= 4 is 23.5 Å². The van der Waals surface area contributed by atoms with Crippen molar-refractivity contribution in [3.05, 3.63) is 53.4 Å². The van der Waals surface area contributed by atoms with Crippen molar-refractivity contribution in [2.75, 3.05) is 11.5 Å². The van der Waals surface area contributed by atoms with Crippen LogP contribution >= 0.6 is 11.6 Å². The predicted molar refractivity (Wildman–Crippen MR) is 104 cm³/mol. The number of hydrogen-bond acceptors (Lipinski definition) is 5. The molecule has 3 rings (SSSR count). The molecule has 0 N–H and O–H groups in total. The van der Waals surface area contributed by atoms with E-state index in [0.29, 0.717) is 12.4 Å². The Balaban J connectivity index is 1.86. The number of amides is 1. The van der Waals surface area contributed by atoms with E-state index in [1.807, 2.05) is 30.3 Å². The molecule has 1 saturated heterocycles. The summed E-state index contributed by atoms with van der Waals surface area (Å²) < 4.78 is 11.6. The number of anilines is 1.